The predicted octanol–water partition coefficient (Wildman–Crippen LogP) is 2.79. The number of carbonyl (C=O) groups is 1. The van der Waals surface area contributed by atoms with Crippen LogP contribution in [0.4, 0.5) is 10.3 Å². The van der Waals surface area contributed by atoms with Crippen molar-refractivity contribution >= 4 is 22.6 Å². The van der Waals surface area contributed by atoms with Gasteiger partial charge in [0.05, 0.1) is 22.7 Å². The van der Waals surface area contributed by atoms with Gasteiger partial charge in [-0.3, -0.25) is 9.59 Å². The molecule has 8 nitrogen and oxygen atoms in total. The SMILES string of the molecule is CN(c1ncccn1)C1CCN(C(=O)c2cc(Cc3n[nH]c(=O)c4ccccc34)ccc2F)C1. The number of nitrogens with zero attached hydrogens (tertiary/aromatic N) is 5. The first-order chi connectivity index (χ1) is 16.5. The molecule has 2 aromatic heterocycles. The van der Waals surface area contributed by atoms with Gasteiger partial charge in [-0.1, -0.05) is 24.3 Å². The van der Waals surface area contributed by atoms with E-state index < -0.39 is 5.82 Å². The molecule has 0 aliphatic carbocycles. The third-order valence-corrected chi connectivity index (χ3v) is 6.27. The van der Waals surface area contributed by atoms with E-state index in [1.807, 2.05) is 24.1 Å². The van der Waals surface area contributed by atoms with Crippen molar-refractivity contribution in [2.75, 3.05) is 25.0 Å². The van der Waals surface area contributed by atoms with Crippen LogP contribution in [0.3, 0.4) is 0 Å². The first kappa shape index (κ1) is 21.7. The molecule has 3 heterocycles. The predicted molar refractivity (Wildman–Crippen MR) is 126 cm³/mol. The molecule has 1 unspecified atom stereocenters. The highest BCUT2D eigenvalue weighted by Crippen LogP contribution is 2.23. The lowest BCUT2D eigenvalue weighted by atomic mass is 10.0. The van der Waals surface area contributed by atoms with E-state index in [2.05, 4.69) is 20.2 Å². The Morgan fingerprint density at radius 2 is 1.91 bits per heavy atom. The summed E-state index contributed by atoms with van der Waals surface area (Å²) in [6, 6.07) is 13.5. The molecule has 0 spiro atoms. The number of aromatic amines is 1. The largest absolute Gasteiger partial charge is 0.339 e. The van der Waals surface area contributed by atoms with Crippen molar-refractivity contribution in [1.29, 1.82) is 0 Å². The molecule has 1 N–H and O–H groups in total. The normalized spacial score (nSPS) is 15.6. The number of benzene rings is 2. The fourth-order valence-electron chi connectivity index (χ4n) is 4.40. The second-order valence-corrected chi connectivity index (χ2v) is 8.39. The van der Waals surface area contributed by atoms with Crippen molar-refractivity contribution in [2.45, 2.75) is 18.9 Å². The number of carbonyl (C=O) groups excluding carboxylic acids is 1. The summed E-state index contributed by atoms with van der Waals surface area (Å²) < 4.78 is 14.7. The van der Waals surface area contributed by atoms with Crippen LogP contribution in [0.25, 0.3) is 10.8 Å². The summed E-state index contributed by atoms with van der Waals surface area (Å²) >= 11 is 0. The van der Waals surface area contributed by atoms with Gasteiger partial charge in [-0.25, -0.2) is 19.5 Å². The van der Waals surface area contributed by atoms with Crippen molar-refractivity contribution in [3.8, 4) is 0 Å². The van der Waals surface area contributed by atoms with Crippen LogP contribution >= 0.6 is 0 Å². The number of halogens is 1. The minimum atomic E-state index is -0.559. The van der Waals surface area contributed by atoms with Crippen LogP contribution in [-0.2, 0) is 6.42 Å². The molecule has 34 heavy (non-hydrogen) atoms. The molecule has 0 bridgehead atoms. The highest BCUT2D eigenvalue weighted by atomic mass is 19.1. The number of hydrogen-bond acceptors (Lipinski definition) is 6. The van der Waals surface area contributed by atoms with Gasteiger partial charge in [0.15, 0.2) is 0 Å². The Bertz CT molecular complexity index is 1410. The summed E-state index contributed by atoms with van der Waals surface area (Å²) in [5.74, 6) is -0.310. The summed E-state index contributed by atoms with van der Waals surface area (Å²) in [6.07, 6.45) is 4.46. The Labute approximate surface area is 195 Å². The van der Waals surface area contributed by atoms with Crippen LogP contribution in [0.5, 0.6) is 0 Å². The number of rotatable bonds is 5. The molecule has 0 radical (unpaired) electrons. The van der Waals surface area contributed by atoms with E-state index in [0.717, 1.165) is 17.4 Å². The van der Waals surface area contributed by atoms with Crippen LogP contribution in [-0.4, -0.2) is 57.2 Å². The van der Waals surface area contributed by atoms with E-state index in [0.29, 0.717) is 36.5 Å². The van der Waals surface area contributed by atoms with Gasteiger partial charge in [-0.2, -0.15) is 5.10 Å². The van der Waals surface area contributed by atoms with Crippen molar-refractivity contribution < 1.29 is 9.18 Å². The van der Waals surface area contributed by atoms with E-state index in [4.69, 9.17) is 0 Å². The fourth-order valence-corrected chi connectivity index (χ4v) is 4.40. The van der Waals surface area contributed by atoms with Crippen molar-refractivity contribution in [1.82, 2.24) is 25.1 Å². The molecular formula is C25H23FN6O2. The molecule has 1 aliphatic heterocycles. The second-order valence-electron chi connectivity index (χ2n) is 8.39. The number of likely N-dealkylation sites (tertiary alicyclic amines) is 1. The molecule has 1 atom stereocenters. The highest BCUT2D eigenvalue weighted by Gasteiger charge is 2.31. The molecular weight excluding hydrogens is 435 g/mol. The maximum absolute atomic E-state index is 14.7. The average Bonchev–Trinajstić information content (AvgIpc) is 3.37. The lowest BCUT2D eigenvalue weighted by Gasteiger charge is -2.24. The number of aromatic nitrogens is 4. The Kier molecular flexibility index (Phi) is 5.75. The van der Waals surface area contributed by atoms with Gasteiger partial charge in [0.2, 0.25) is 5.95 Å². The van der Waals surface area contributed by atoms with Gasteiger partial charge in [-0.15, -0.1) is 0 Å². The summed E-state index contributed by atoms with van der Waals surface area (Å²) in [4.78, 5) is 37.4. The van der Waals surface area contributed by atoms with E-state index in [9.17, 15) is 14.0 Å². The molecule has 1 saturated heterocycles. The number of fused-ring (bicyclic) bond motifs is 1. The molecule has 4 aromatic rings. The zero-order valence-corrected chi connectivity index (χ0v) is 18.6. The number of anilines is 1. The van der Waals surface area contributed by atoms with E-state index in [-0.39, 0.29) is 23.1 Å². The minimum absolute atomic E-state index is 0.0329. The maximum atomic E-state index is 14.7. The van der Waals surface area contributed by atoms with Crippen molar-refractivity contribution in [3.05, 3.63) is 93.9 Å². The first-order valence-corrected chi connectivity index (χ1v) is 11.0. The Morgan fingerprint density at radius 1 is 1.15 bits per heavy atom. The summed E-state index contributed by atoms with van der Waals surface area (Å²) in [5.41, 5.74) is 1.17. The van der Waals surface area contributed by atoms with Gasteiger partial charge in [-0.05, 0) is 36.2 Å². The smallest absolute Gasteiger partial charge is 0.272 e. The first-order valence-electron chi connectivity index (χ1n) is 11.0. The fraction of sp³-hybridized carbons (Fsp3) is 0.240. The van der Waals surface area contributed by atoms with Crippen LogP contribution < -0.4 is 10.5 Å². The van der Waals surface area contributed by atoms with Crippen LogP contribution in [0.2, 0.25) is 0 Å². The lowest BCUT2D eigenvalue weighted by Crippen LogP contribution is -2.37. The van der Waals surface area contributed by atoms with Crippen molar-refractivity contribution in [2.24, 2.45) is 0 Å². The van der Waals surface area contributed by atoms with Crippen LogP contribution in [0.1, 0.15) is 28.0 Å². The molecule has 2 aromatic carbocycles. The standard InChI is InChI=1S/C25H23FN6O2/c1-31(25-27-10-4-11-28-25)17-9-12-32(15-17)24(34)20-13-16(7-8-21(20)26)14-22-18-5-2-3-6-19(18)23(33)30-29-22/h2-8,10-11,13,17H,9,12,14-15H2,1H3,(H,30,33). The Balaban J connectivity index is 1.36. The molecule has 9 heteroatoms. The number of hydrogen-bond donors (Lipinski definition) is 1. The maximum Gasteiger partial charge on any atom is 0.272 e. The summed E-state index contributed by atoms with van der Waals surface area (Å²) in [7, 11) is 1.90. The van der Waals surface area contributed by atoms with Gasteiger partial charge in [0.25, 0.3) is 11.5 Å². The second kappa shape index (κ2) is 9.01. The molecule has 0 saturated carbocycles. The van der Waals surface area contributed by atoms with E-state index in [1.165, 1.54) is 6.07 Å². The minimum Gasteiger partial charge on any atom is -0.339 e. The average molecular weight is 458 g/mol. The molecule has 5 rings (SSSR count). The zero-order valence-electron chi connectivity index (χ0n) is 18.6. The highest BCUT2D eigenvalue weighted by molar-refractivity contribution is 5.95. The summed E-state index contributed by atoms with van der Waals surface area (Å²) in [6.45, 7) is 0.986. The lowest BCUT2D eigenvalue weighted by molar-refractivity contribution is 0.0786. The monoisotopic (exact) mass is 458 g/mol. The zero-order chi connectivity index (χ0) is 23.7. The summed E-state index contributed by atoms with van der Waals surface area (Å²) in [5, 5.41) is 7.98. The quantitative estimate of drug-likeness (QED) is 0.494. The number of amides is 1. The van der Waals surface area contributed by atoms with E-state index in [1.54, 1.807) is 47.6 Å². The van der Waals surface area contributed by atoms with Gasteiger partial charge in [0, 0.05) is 44.3 Å². The third-order valence-electron chi connectivity index (χ3n) is 6.27. The third kappa shape index (κ3) is 4.12. The number of nitrogens with one attached hydrogen (secondary N) is 1. The van der Waals surface area contributed by atoms with Gasteiger partial charge in [0.1, 0.15) is 5.82 Å². The van der Waals surface area contributed by atoms with Gasteiger partial charge < -0.3 is 9.80 Å². The molecule has 1 aliphatic rings. The molecule has 1 amide bonds. The van der Waals surface area contributed by atoms with Crippen LogP contribution in [0.15, 0.2) is 65.7 Å². The number of likely N-dealkylation sites (N-methyl/N-ethyl adjacent to an activating group) is 1. The Morgan fingerprint density at radius 3 is 2.71 bits per heavy atom. The van der Waals surface area contributed by atoms with Crippen molar-refractivity contribution in [3.63, 3.8) is 0 Å². The molecule has 172 valence electrons. The van der Waals surface area contributed by atoms with Crippen LogP contribution in [0, 0.1) is 5.82 Å². The van der Waals surface area contributed by atoms with Gasteiger partial charge >= 0.3 is 0 Å². The topological polar surface area (TPSA) is 95.1 Å². The number of H-pyrrole nitrogens is 1. The molecule has 1 fully saturated rings. The Hall–Kier alpha value is -4.14. The van der Waals surface area contributed by atoms with E-state index >= 15 is 0 Å².